The number of aryl methyl sites for hydroxylation is 3. The minimum Gasteiger partial charge on any atom is -0.340 e. The van der Waals surface area contributed by atoms with E-state index in [9.17, 15) is 0 Å². The molecule has 0 radical (unpaired) electrons. The Labute approximate surface area is 160 Å². The fourth-order valence-corrected chi connectivity index (χ4v) is 4.07. The van der Waals surface area contributed by atoms with Crippen molar-refractivity contribution in [1.29, 1.82) is 0 Å². The van der Waals surface area contributed by atoms with Crippen LogP contribution < -0.4 is 10.2 Å². The maximum absolute atomic E-state index is 4.92. The van der Waals surface area contributed by atoms with Gasteiger partial charge in [0.25, 0.3) is 0 Å². The average Bonchev–Trinajstić information content (AvgIpc) is 2.99. The van der Waals surface area contributed by atoms with Crippen molar-refractivity contribution in [2.24, 2.45) is 18.9 Å². The summed E-state index contributed by atoms with van der Waals surface area (Å²) >= 11 is 0. The second-order valence-electron chi connectivity index (χ2n) is 8.17. The number of hydrogen-bond acceptors (Lipinski definition) is 5. The minimum absolute atomic E-state index is 0.648. The van der Waals surface area contributed by atoms with Gasteiger partial charge < -0.3 is 10.2 Å². The smallest absolute Gasteiger partial charge is 0.229 e. The van der Waals surface area contributed by atoms with Gasteiger partial charge >= 0.3 is 0 Å². The van der Waals surface area contributed by atoms with Gasteiger partial charge in [0.05, 0.1) is 11.6 Å². The Morgan fingerprint density at radius 3 is 2.56 bits per heavy atom. The van der Waals surface area contributed by atoms with E-state index in [1.54, 1.807) is 0 Å². The Balaban J connectivity index is 1.78. The fourth-order valence-electron chi connectivity index (χ4n) is 4.07. The van der Waals surface area contributed by atoms with Gasteiger partial charge in [-0.15, -0.1) is 0 Å². The number of nitrogens with one attached hydrogen (secondary N) is 1. The first kappa shape index (κ1) is 17.8. The standard InChI is InChI=1S/C21H28N6/c1-13-6-7-16(4)18(9-13)23-19-17-10-22-26(5)20(17)25-21(24-19)27-11-14(2)8-15(3)12-27/h6-7,9-10,14-15H,8,11-12H2,1-5H3,(H,23,24,25)/t14-,15-/m1/s1. The Kier molecular flexibility index (Phi) is 4.50. The van der Waals surface area contributed by atoms with E-state index in [4.69, 9.17) is 9.97 Å². The molecule has 3 aromatic rings. The second kappa shape index (κ2) is 6.83. The Hall–Kier alpha value is -2.63. The molecule has 0 spiro atoms. The van der Waals surface area contributed by atoms with Crippen LogP contribution >= 0.6 is 0 Å². The maximum Gasteiger partial charge on any atom is 0.229 e. The van der Waals surface area contributed by atoms with Crippen LogP contribution in [-0.2, 0) is 7.05 Å². The molecule has 2 aromatic heterocycles. The molecule has 1 aromatic carbocycles. The van der Waals surface area contributed by atoms with Gasteiger partial charge in [0.2, 0.25) is 5.95 Å². The zero-order valence-corrected chi connectivity index (χ0v) is 16.8. The summed E-state index contributed by atoms with van der Waals surface area (Å²) in [7, 11) is 1.93. The van der Waals surface area contributed by atoms with Crippen LogP contribution in [0.5, 0.6) is 0 Å². The zero-order chi connectivity index (χ0) is 19.1. The molecule has 1 saturated heterocycles. The summed E-state index contributed by atoms with van der Waals surface area (Å²) in [5.41, 5.74) is 4.35. The van der Waals surface area contributed by atoms with Gasteiger partial charge in [-0.2, -0.15) is 15.1 Å². The molecule has 4 rings (SSSR count). The van der Waals surface area contributed by atoms with Crippen LogP contribution in [0.4, 0.5) is 17.5 Å². The SMILES string of the molecule is Cc1ccc(C)c(Nc2nc(N3C[C@H](C)C[C@@H](C)C3)nc3c2cnn3C)c1. The zero-order valence-electron chi connectivity index (χ0n) is 16.8. The highest BCUT2D eigenvalue weighted by Crippen LogP contribution is 2.30. The van der Waals surface area contributed by atoms with Crippen molar-refractivity contribution >= 4 is 28.5 Å². The van der Waals surface area contributed by atoms with E-state index >= 15 is 0 Å². The highest BCUT2D eigenvalue weighted by molar-refractivity contribution is 5.89. The number of fused-ring (bicyclic) bond motifs is 1. The molecule has 0 unspecified atom stereocenters. The third kappa shape index (κ3) is 3.48. The molecule has 2 atom stereocenters. The predicted molar refractivity (Wildman–Crippen MR) is 111 cm³/mol. The monoisotopic (exact) mass is 364 g/mol. The summed E-state index contributed by atoms with van der Waals surface area (Å²) in [6, 6.07) is 6.42. The van der Waals surface area contributed by atoms with Crippen molar-refractivity contribution in [2.45, 2.75) is 34.1 Å². The molecule has 27 heavy (non-hydrogen) atoms. The van der Waals surface area contributed by atoms with Gasteiger partial charge in [-0.1, -0.05) is 26.0 Å². The van der Waals surface area contributed by atoms with Crippen LogP contribution in [0, 0.1) is 25.7 Å². The first-order valence-electron chi connectivity index (χ1n) is 9.69. The van der Waals surface area contributed by atoms with E-state index in [1.807, 2.05) is 17.9 Å². The normalized spacial score (nSPS) is 20.3. The topological polar surface area (TPSA) is 58.9 Å². The lowest BCUT2D eigenvalue weighted by Gasteiger charge is -2.35. The molecular formula is C21H28N6. The molecule has 1 aliphatic rings. The molecule has 6 heteroatoms. The number of nitrogens with zero attached hydrogens (tertiary/aromatic N) is 5. The van der Waals surface area contributed by atoms with Crippen molar-refractivity contribution in [3.8, 4) is 0 Å². The summed E-state index contributed by atoms with van der Waals surface area (Å²) in [6.07, 6.45) is 3.10. The molecule has 3 heterocycles. The van der Waals surface area contributed by atoms with Crippen LogP contribution in [-0.4, -0.2) is 32.8 Å². The van der Waals surface area contributed by atoms with Crippen molar-refractivity contribution in [3.05, 3.63) is 35.5 Å². The fraction of sp³-hybridized carbons (Fsp3) is 0.476. The van der Waals surface area contributed by atoms with Crippen molar-refractivity contribution < 1.29 is 0 Å². The van der Waals surface area contributed by atoms with Crippen LogP contribution in [0.3, 0.4) is 0 Å². The molecule has 0 aliphatic carbocycles. The lowest BCUT2D eigenvalue weighted by atomic mass is 9.92. The molecule has 1 aliphatic heterocycles. The lowest BCUT2D eigenvalue weighted by Crippen LogP contribution is -2.39. The molecule has 6 nitrogen and oxygen atoms in total. The molecule has 0 bridgehead atoms. The summed E-state index contributed by atoms with van der Waals surface area (Å²) in [6.45, 7) is 10.8. The van der Waals surface area contributed by atoms with Gasteiger partial charge in [-0.25, -0.2) is 0 Å². The summed E-state index contributed by atoms with van der Waals surface area (Å²) < 4.78 is 1.82. The van der Waals surface area contributed by atoms with E-state index in [0.29, 0.717) is 11.8 Å². The molecule has 1 fully saturated rings. The Morgan fingerprint density at radius 1 is 1.07 bits per heavy atom. The summed E-state index contributed by atoms with van der Waals surface area (Å²) in [5, 5.41) is 8.89. The van der Waals surface area contributed by atoms with Gasteiger partial charge in [-0.05, 0) is 49.3 Å². The quantitative estimate of drug-likeness (QED) is 0.754. The van der Waals surface area contributed by atoms with E-state index in [1.165, 1.54) is 17.5 Å². The van der Waals surface area contributed by atoms with Crippen LogP contribution in [0.25, 0.3) is 11.0 Å². The van der Waals surface area contributed by atoms with Crippen molar-refractivity contribution in [3.63, 3.8) is 0 Å². The highest BCUT2D eigenvalue weighted by Gasteiger charge is 2.25. The summed E-state index contributed by atoms with van der Waals surface area (Å²) in [4.78, 5) is 12.1. The van der Waals surface area contributed by atoms with Crippen molar-refractivity contribution in [2.75, 3.05) is 23.3 Å². The van der Waals surface area contributed by atoms with Gasteiger partial charge in [0.15, 0.2) is 5.65 Å². The number of anilines is 3. The Bertz CT molecular complexity index is 966. The van der Waals surface area contributed by atoms with Gasteiger partial charge in [0, 0.05) is 25.8 Å². The average molecular weight is 364 g/mol. The maximum atomic E-state index is 4.92. The van der Waals surface area contributed by atoms with Gasteiger partial charge in [-0.3, -0.25) is 4.68 Å². The van der Waals surface area contributed by atoms with E-state index in [0.717, 1.165) is 41.6 Å². The number of aromatic nitrogens is 4. The molecule has 142 valence electrons. The third-order valence-electron chi connectivity index (χ3n) is 5.38. The first-order valence-corrected chi connectivity index (χ1v) is 9.69. The predicted octanol–water partition coefficient (Wildman–Crippen LogP) is 4.21. The summed E-state index contributed by atoms with van der Waals surface area (Å²) in [5.74, 6) is 2.91. The van der Waals surface area contributed by atoms with Gasteiger partial charge in [0.1, 0.15) is 5.82 Å². The number of rotatable bonds is 3. The third-order valence-corrected chi connectivity index (χ3v) is 5.38. The van der Waals surface area contributed by atoms with Crippen LogP contribution in [0.2, 0.25) is 0 Å². The highest BCUT2D eigenvalue weighted by atomic mass is 15.3. The molecule has 1 N–H and O–H groups in total. The molecular weight excluding hydrogens is 336 g/mol. The first-order chi connectivity index (χ1) is 12.9. The lowest BCUT2D eigenvalue weighted by molar-refractivity contribution is 0.354. The molecule has 0 saturated carbocycles. The minimum atomic E-state index is 0.648. The second-order valence-corrected chi connectivity index (χ2v) is 8.17. The Morgan fingerprint density at radius 2 is 1.81 bits per heavy atom. The van der Waals surface area contributed by atoms with Crippen molar-refractivity contribution in [1.82, 2.24) is 19.7 Å². The number of benzene rings is 1. The largest absolute Gasteiger partial charge is 0.340 e. The van der Waals surface area contributed by atoms with Crippen LogP contribution in [0.1, 0.15) is 31.4 Å². The number of piperidine rings is 1. The number of hydrogen-bond donors (Lipinski definition) is 1. The van der Waals surface area contributed by atoms with E-state index < -0.39 is 0 Å². The van der Waals surface area contributed by atoms with E-state index in [2.05, 4.69) is 61.2 Å². The van der Waals surface area contributed by atoms with E-state index in [-0.39, 0.29) is 0 Å². The van der Waals surface area contributed by atoms with Crippen LogP contribution in [0.15, 0.2) is 24.4 Å². The molecule has 0 amide bonds.